The van der Waals surface area contributed by atoms with Gasteiger partial charge < -0.3 is 15.2 Å². The second-order valence-corrected chi connectivity index (χ2v) is 6.69. The summed E-state index contributed by atoms with van der Waals surface area (Å²) in [5.74, 6) is 0.575. The van der Waals surface area contributed by atoms with E-state index >= 15 is 0 Å². The predicted molar refractivity (Wildman–Crippen MR) is 88.6 cm³/mol. The topological polar surface area (TPSA) is 58.6 Å². The van der Waals surface area contributed by atoms with Gasteiger partial charge in [-0.25, -0.2) is 0 Å². The molecule has 1 heterocycles. The molecule has 22 heavy (non-hydrogen) atoms. The largest absolute Gasteiger partial charge is 0.489 e. The molecule has 116 valence electrons. The van der Waals surface area contributed by atoms with E-state index in [0.717, 1.165) is 22.9 Å². The molecule has 4 nitrogen and oxygen atoms in total. The van der Waals surface area contributed by atoms with Crippen molar-refractivity contribution < 1.29 is 14.6 Å². The van der Waals surface area contributed by atoms with Gasteiger partial charge in [-0.15, -0.1) is 11.3 Å². The van der Waals surface area contributed by atoms with Crippen LogP contribution in [0.5, 0.6) is 5.75 Å². The summed E-state index contributed by atoms with van der Waals surface area (Å²) in [7, 11) is 0. The highest BCUT2D eigenvalue weighted by atomic mass is 32.1. The van der Waals surface area contributed by atoms with Gasteiger partial charge in [-0.05, 0) is 36.4 Å². The fourth-order valence-corrected chi connectivity index (χ4v) is 3.22. The molecule has 0 spiro atoms. The zero-order valence-corrected chi connectivity index (χ0v) is 13.1. The lowest BCUT2D eigenvalue weighted by atomic mass is 10.1. The maximum atomic E-state index is 12.4. The van der Waals surface area contributed by atoms with Crippen LogP contribution in [0.1, 0.15) is 23.2 Å². The lowest BCUT2D eigenvalue weighted by Gasteiger charge is -2.13. The summed E-state index contributed by atoms with van der Waals surface area (Å²) in [6.45, 7) is 4.71. The van der Waals surface area contributed by atoms with Gasteiger partial charge in [0.2, 0.25) is 0 Å². The van der Waals surface area contributed by atoms with Crippen LogP contribution in [-0.2, 0) is 0 Å². The monoisotopic (exact) mass is 317 g/mol. The highest BCUT2D eigenvalue weighted by Crippen LogP contribution is 2.44. The molecule has 0 radical (unpaired) electrons. The van der Waals surface area contributed by atoms with Gasteiger partial charge in [0.1, 0.15) is 12.4 Å². The van der Waals surface area contributed by atoms with Crippen molar-refractivity contribution in [1.82, 2.24) is 5.32 Å². The number of nitrogens with one attached hydrogen (secondary N) is 1. The minimum atomic E-state index is -0.126. The molecule has 1 fully saturated rings. The van der Waals surface area contributed by atoms with Gasteiger partial charge in [-0.3, -0.25) is 4.79 Å². The Morgan fingerprint density at radius 2 is 2.32 bits per heavy atom. The Bertz CT molecular complexity index is 703. The van der Waals surface area contributed by atoms with Crippen molar-refractivity contribution in [3.8, 4) is 5.75 Å². The molecular formula is C17H19NO3S. The Morgan fingerprint density at radius 1 is 1.50 bits per heavy atom. The number of ether oxygens (including phenoxy) is 1. The second-order valence-electron chi connectivity index (χ2n) is 5.75. The van der Waals surface area contributed by atoms with Gasteiger partial charge in [-0.2, -0.15) is 0 Å². The van der Waals surface area contributed by atoms with Crippen molar-refractivity contribution in [3.63, 3.8) is 0 Å². The van der Waals surface area contributed by atoms with Gasteiger partial charge in [0.15, 0.2) is 0 Å². The Labute approximate surface area is 133 Å². The fourth-order valence-electron chi connectivity index (χ4n) is 2.37. The molecular weight excluding hydrogens is 298 g/mol. The third-order valence-electron chi connectivity index (χ3n) is 4.07. The third kappa shape index (κ3) is 3.00. The molecule has 0 atom stereocenters. The van der Waals surface area contributed by atoms with Gasteiger partial charge in [0.05, 0.1) is 6.61 Å². The van der Waals surface area contributed by atoms with Crippen LogP contribution < -0.4 is 10.1 Å². The van der Waals surface area contributed by atoms with Crippen molar-refractivity contribution >= 4 is 27.3 Å². The Balaban J connectivity index is 1.80. The highest BCUT2D eigenvalue weighted by Gasteiger charge is 2.42. The van der Waals surface area contributed by atoms with E-state index in [1.165, 1.54) is 0 Å². The Kier molecular flexibility index (Phi) is 4.18. The third-order valence-corrected chi connectivity index (χ3v) is 4.93. The van der Waals surface area contributed by atoms with E-state index < -0.39 is 0 Å². The summed E-state index contributed by atoms with van der Waals surface area (Å²) >= 11 is 1.58. The smallest absolute Gasteiger partial charge is 0.251 e. The average Bonchev–Trinajstić information content (AvgIpc) is 3.17. The number of hydrogen-bond donors (Lipinski definition) is 2. The molecule has 1 amide bonds. The first kappa shape index (κ1) is 15.1. The molecule has 1 aliphatic carbocycles. The van der Waals surface area contributed by atoms with Crippen molar-refractivity contribution in [3.05, 3.63) is 41.8 Å². The molecule has 2 N–H and O–H groups in total. The van der Waals surface area contributed by atoms with E-state index in [0.29, 0.717) is 24.5 Å². The number of aliphatic hydroxyl groups is 1. The predicted octanol–water partition coefficient (Wildman–Crippen LogP) is 2.97. The van der Waals surface area contributed by atoms with E-state index in [1.54, 1.807) is 23.5 Å². The number of thiophene rings is 1. The highest BCUT2D eigenvalue weighted by molar-refractivity contribution is 7.17. The summed E-state index contributed by atoms with van der Waals surface area (Å²) in [6.07, 6.45) is 3.63. The quantitative estimate of drug-likeness (QED) is 0.772. The van der Waals surface area contributed by atoms with Crippen LogP contribution in [0.2, 0.25) is 0 Å². The van der Waals surface area contributed by atoms with Crippen molar-refractivity contribution in [1.29, 1.82) is 0 Å². The summed E-state index contributed by atoms with van der Waals surface area (Å²) in [6, 6.07) is 5.64. The molecule has 3 rings (SSSR count). The molecule has 1 aromatic heterocycles. The van der Waals surface area contributed by atoms with Crippen LogP contribution in [0.25, 0.3) is 10.1 Å². The number of hydrogen-bond acceptors (Lipinski definition) is 4. The summed E-state index contributed by atoms with van der Waals surface area (Å²) in [5, 5.41) is 15.2. The normalized spacial score (nSPS) is 15.5. The Hall–Kier alpha value is -1.85. The van der Waals surface area contributed by atoms with Gasteiger partial charge >= 0.3 is 0 Å². The molecule has 5 heteroatoms. The molecule has 1 aliphatic rings. The van der Waals surface area contributed by atoms with Gasteiger partial charge in [0, 0.05) is 27.6 Å². The lowest BCUT2D eigenvalue weighted by Crippen LogP contribution is -2.31. The molecule has 0 saturated heterocycles. The number of amides is 1. The number of fused-ring (bicyclic) bond motifs is 1. The maximum Gasteiger partial charge on any atom is 0.251 e. The van der Waals surface area contributed by atoms with Crippen molar-refractivity contribution in [2.75, 3.05) is 19.8 Å². The molecule has 2 aromatic rings. The van der Waals surface area contributed by atoms with Crippen LogP contribution in [-0.4, -0.2) is 30.8 Å². The van der Waals surface area contributed by atoms with E-state index in [9.17, 15) is 9.90 Å². The Morgan fingerprint density at radius 3 is 3.00 bits per heavy atom. The maximum absolute atomic E-state index is 12.4. The standard InChI is InChI=1S/C17H19NO3S/c1-2-6-21-14-8-12(9-15-13(14)3-7-22-15)16(20)18-10-17(11-19)4-5-17/h2-3,7-9,19H,1,4-6,10-11H2,(H,18,20). The minimum absolute atomic E-state index is 0.0924. The molecule has 1 aromatic carbocycles. The number of carbonyl (C=O) groups is 1. The first-order chi connectivity index (χ1) is 10.7. The molecule has 0 aliphatic heterocycles. The van der Waals surface area contributed by atoms with Crippen LogP contribution >= 0.6 is 11.3 Å². The summed E-state index contributed by atoms with van der Waals surface area (Å²) in [4.78, 5) is 12.4. The van der Waals surface area contributed by atoms with E-state index in [-0.39, 0.29) is 17.9 Å². The number of aliphatic hydroxyl groups excluding tert-OH is 1. The minimum Gasteiger partial charge on any atom is -0.489 e. The van der Waals surface area contributed by atoms with Crippen molar-refractivity contribution in [2.24, 2.45) is 5.41 Å². The SMILES string of the molecule is C=CCOc1cc(C(=O)NCC2(CO)CC2)cc2sccc12. The zero-order valence-electron chi connectivity index (χ0n) is 12.3. The van der Waals surface area contributed by atoms with Crippen LogP contribution in [0.4, 0.5) is 0 Å². The van der Waals surface area contributed by atoms with E-state index in [4.69, 9.17) is 4.74 Å². The van der Waals surface area contributed by atoms with Crippen LogP contribution in [0, 0.1) is 5.41 Å². The number of rotatable bonds is 7. The molecule has 0 unspecified atom stereocenters. The summed E-state index contributed by atoms with van der Waals surface area (Å²) in [5.41, 5.74) is 0.493. The lowest BCUT2D eigenvalue weighted by molar-refractivity contribution is 0.0935. The van der Waals surface area contributed by atoms with E-state index in [2.05, 4.69) is 11.9 Å². The van der Waals surface area contributed by atoms with Crippen molar-refractivity contribution in [2.45, 2.75) is 12.8 Å². The van der Waals surface area contributed by atoms with Crippen LogP contribution in [0.15, 0.2) is 36.2 Å². The molecule has 0 bridgehead atoms. The number of carbonyl (C=O) groups excluding carboxylic acids is 1. The average molecular weight is 317 g/mol. The first-order valence-electron chi connectivity index (χ1n) is 7.31. The summed E-state index contributed by atoms with van der Waals surface area (Å²) < 4.78 is 6.69. The molecule has 1 saturated carbocycles. The van der Waals surface area contributed by atoms with Gasteiger partial charge in [0.25, 0.3) is 5.91 Å². The fraction of sp³-hybridized carbons (Fsp3) is 0.353. The first-order valence-corrected chi connectivity index (χ1v) is 8.19. The zero-order chi connectivity index (χ0) is 15.6. The van der Waals surface area contributed by atoms with Crippen LogP contribution in [0.3, 0.4) is 0 Å². The van der Waals surface area contributed by atoms with E-state index in [1.807, 2.05) is 17.5 Å². The van der Waals surface area contributed by atoms with Gasteiger partial charge in [-0.1, -0.05) is 12.7 Å². The number of benzene rings is 1. The second kappa shape index (κ2) is 6.10.